The molecular weight excluding hydrogens is 316 g/mol. The molecule has 2 amide bonds. The first-order chi connectivity index (χ1) is 12.2. The van der Waals surface area contributed by atoms with Gasteiger partial charge >= 0.3 is 6.03 Å². The van der Waals surface area contributed by atoms with Crippen LogP contribution in [0.4, 0.5) is 4.79 Å². The van der Waals surface area contributed by atoms with Gasteiger partial charge in [0.1, 0.15) is 11.5 Å². The Kier molecular flexibility index (Phi) is 5.99. The molecule has 0 radical (unpaired) electrons. The van der Waals surface area contributed by atoms with Crippen LogP contribution in [0.15, 0.2) is 47.1 Å². The van der Waals surface area contributed by atoms with Crippen LogP contribution in [0.1, 0.15) is 56.4 Å². The molecule has 1 atom stereocenters. The van der Waals surface area contributed by atoms with E-state index in [0.29, 0.717) is 12.6 Å². The molecule has 2 N–H and O–H groups in total. The van der Waals surface area contributed by atoms with Crippen LogP contribution in [-0.4, -0.2) is 12.1 Å². The minimum atomic E-state index is -0.220. The fourth-order valence-electron chi connectivity index (χ4n) is 3.14. The van der Waals surface area contributed by atoms with E-state index in [4.69, 9.17) is 9.15 Å². The molecule has 2 aromatic rings. The number of hydrogen-bond donors (Lipinski definition) is 2. The summed E-state index contributed by atoms with van der Waals surface area (Å²) in [4.78, 5) is 12.0. The van der Waals surface area contributed by atoms with Gasteiger partial charge in [0.2, 0.25) is 0 Å². The summed E-state index contributed by atoms with van der Waals surface area (Å²) in [6.45, 7) is 2.34. The first-order valence-electron chi connectivity index (χ1n) is 9.04. The Morgan fingerprint density at radius 2 is 2.08 bits per heavy atom. The van der Waals surface area contributed by atoms with Gasteiger partial charge in [0, 0.05) is 6.54 Å². The van der Waals surface area contributed by atoms with Gasteiger partial charge in [-0.1, -0.05) is 18.6 Å². The summed E-state index contributed by atoms with van der Waals surface area (Å²) in [6.07, 6.45) is 8.01. The number of benzene rings is 1. The molecule has 1 aliphatic rings. The molecule has 0 bridgehead atoms. The molecule has 134 valence electrons. The molecule has 25 heavy (non-hydrogen) atoms. The molecule has 5 nitrogen and oxygen atoms in total. The predicted molar refractivity (Wildman–Crippen MR) is 96.4 cm³/mol. The van der Waals surface area contributed by atoms with E-state index in [1.165, 1.54) is 19.3 Å². The molecular formula is C20H26N2O3. The van der Waals surface area contributed by atoms with Crippen molar-refractivity contribution in [3.05, 3.63) is 54.0 Å². The number of urea groups is 1. The van der Waals surface area contributed by atoms with Crippen LogP contribution in [-0.2, 0) is 6.54 Å². The maximum atomic E-state index is 12.0. The number of ether oxygens (including phenoxy) is 1. The van der Waals surface area contributed by atoms with E-state index in [-0.39, 0.29) is 12.1 Å². The summed E-state index contributed by atoms with van der Waals surface area (Å²) in [5.74, 6) is 1.62. The van der Waals surface area contributed by atoms with Gasteiger partial charge in [0.05, 0.1) is 18.4 Å². The standard InChI is InChI=1S/C20H26N2O3/c1-15(19-11-6-12-24-19)22-20(23)21-14-16-7-5-10-18(13-16)25-17-8-3-2-4-9-17/h5-7,10-13,15,17H,2-4,8-9,14H2,1H3,(H2,21,22,23). The zero-order chi connectivity index (χ0) is 17.5. The molecule has 1 heterocycles. The SMILES string of the molecule is CC(NC(=O)NCc1cccc(OC2CCCCC2)c1)c1ccco1. The molecule has 1 aromatic carbocycles. The minimum Gasteiger partial charge on any atom is -0.490 e. The van der Waals surface area contributed by atoms with Gasteiger partial charge in [-0.15, -0.1) is 0 Å². The van der Waals surface area contributed by atoms with Crippen molar-refractivity contribution in [3.63, 3.8) is 0 Å². The highest BCUT2D eigenvalue weighted by Gasteiger charge is 2.15. The quantitative estimate of drug-likeness (QED) is 0.809. The Morgan fingerprint density at radius 3 is 2.84 bits per heavy atom. The summed E-state index contributed by atoms with van der Waals surface area (Å²) >= 11 is 0. The molecule has 0 aliphatic heterocycles. The average molecular weight is 342 g/mol. The Hall–Kier alpha value is -2.43. The van der Waals surface area contributed by atoms with E-state index in [1.807, 2.05) is 43.3 Å². The van der Waals surface area contributed by atoms with E-state index in [0.717, 1.165) is 29.9 Å². The Bertz CT molecular complexity index is 663. The minimum absolute atomic E-state index is 0.170. The van der Waals surface area contributed by atoms with Crippen molar-refractivity contribution in [2.45, 2.75) is 57.7 Å². The lowest BCUT2D eigenvalue weighted by Crippen LogP contribution is -2.36. The fraction of sp³-hybridized carbons (Fsp3) is 0.450. The zero-order valence-electron chi connectivity index (χ0n) is 14.7. The molecule has 0 spiro atoms. The summed E-state index contributed by atoms with van der Waals surface area (Å²) in [5, 5.41) is 5.73. The molecule has 1 aromatic heterocycles. The summed E-state index contributed by atoms with van der Waals surface area (Å²) in [7, 11) is 0. The van der Waals surface area contributed by atoms with E-state index in [9.17, 15) is 4.79 Å². The van der Waals surface area contributed by atoms with Gasteiger partial charge in [-0.2, -0.15) is 0 Å². The second-order valence-electron chi connectivity index (χ2n) is 6.59. The van der Waals surface area contributed by atoms with Crippen LogP contribution in [0.5, 0.6) is 5.75 Å². The van der Waals surface area contributed by atoms with Crippen molar-refractivity contribution >= 4 is 6.03 Å². The Morgan fingerprint density at radius 1 is 1.24 bits per heavy atom. The lowest BCUT2D eigenvalue weighted by atomic mass is 9.98. The third kappa shape index (κ3) is 5.28. The first-order valence-corrected chi connectivity index (χ1v) is 9.04. The highest BCUT2D eigenvalue weighted by atomic mass is 16.5. The topological polar surface area (TPSA) is 63.5 Å². The maximum Gasteiger partial charge on any atom is 0.315 e. The zero-order valence-corrected chi connectivity index (χ0v) is 14.7. The van der Waals surface area contributed by atoms with Crippen LogP contribution in [0.3, 0.4) is 0 Å². The van der Waals surface area contributed by atoms with Gasteiger partial charge in [0.15, 0.2) is 0 Å². The van der Waals surface area contributed by atoms with Crippen molar-refractivity contribution in [1.29, 1.82) is 0 Å². The van der Waals surface area contributed by atoms with Gasteiger partial charge < -0.3 is 19.8 Å². The number of carbonyl (C=O) groups is 1. The smallest absolute Gasteiger partial charge is 0.315 e. The molecule has 1 saturated carbocycles. The molecule has 1 fully saturated rings. The van der Waals surface area contributed by atoms with Gasteiger partial charge in [-0.05, 0) is 62.4 Å². The molecule has 5 heteroatoms. The predicted octanol–water partition coefficient (Wildman–Crippen LogP) is 4.55. The maximum absolute atomic E-state index is 12.0. The van der Waals surface area contributed by atoms with Crippen molar-refractivity contribution in [1.82, 2.24) is 10.6 Å². The second kappa shape index (κ2) is 8.60. The van der Waals surface area contributed by atoms with Crippen molar-refractivity contribution in [2.24, 2.45) is 0 Å². The number of hydrogen-bond acceptors (Lipinski definition) is 3. The lowest BCUT2D eigenvalue weighted by Gasteiger charge is -2.23. The monoisotopic (exact) mass is 342 g/mol. The summed E-state index contributed by atoms with van der Waals surface area (Å²) in [5.41, 5.74) is 1.02. The first kappa shape index (κ1) is 17.4. The third-order valence-corrected chi connectivity index (χ3v) is 4.52. The van der Waals surface area contributed by atoms with Crippen LogP contribution >= 0.6 is 0 Å². The fourth-order valence-corrected chi connectivity index (χ4v) is 3.14. The van der Waals surface area contributed by atoms with Crippen LogP contribution < -0.4 is 15.4 Å². The third-order valence-electron chi connectivity index (χ3n) is 4.52. The van der Waals surface area contributed by atoms with E-state index >= 15 is 0 Å². The number of nitrogens with one attached hydrogen (secondary N) is 2. The van der Waals surface area contributed by atoms with Gasteiger partial charge in [-0.25, -0.2) is 4.79 Å². The van der Waals surface area contributed by atoms with Crippen molar-refractivity contribution < 1.29 is 13.9 Å². The molecule has 0 saturated heterocycles. The second-order valence-corrected chi connectivity index (χ2v) is 6.59. The van der Waals surface area contributed by atoms with Crippen molar-refractivity contribution in [2.75, 3.05) is 0 Å². The van der Waals surface area contributed by atoms with Gasteiger partial charge in [0.25, 0.3) is 0 Å². The molecule has 1 unspecified atom stereocenters. The van der Waals surface area contributed by atoms with Crippen LogP contribution in [0.25, 0.3) is 0 Å². The lowest BCUT2D eigenvalue weighted by molar-refractivity contribution is 0.155. The largest absolute Gasteiger partial charge is 0.490 e. The Balaban J connectivity index is 1.47. The van der Waals surface area contributed by atoms with Crippen molar-refractivity contribution in [3.8, 4) is 5.75 Å². The van der Waals surface area contributed by atoms with Crippen LogP contribution in [0, 0.1) is 0 Å². The van der Waals surface area contributed by atoms with E-state index in [1.54, 1.807) is 6.26 Å². The molecule has 1 aliphatic carbocycles. The number of carbonyl (C=O) groups excluding carboxylic acids is 1. The Labute approximate surface area is 148 Å². The number of rotatable bonds is 6. The average Bonchev–Trinajstić information content (AvgIpc) is 3.16. The van der Waals surface area contributed by atoms with Crippen LogP contribution in [0.2, 0.25) is 0 Å². The van der Waals surface area contributed by atoms with Gasteiger partial charge in [-0.3, -0.25) is 0 Å². The molecule has 3 rings (SSSR count). The highest BCUT2D eigenvalue weighted by molar-refractivity contribution is 5.74. The number of amides is 2. The summed E-state index contributed by atoms with van der Waals surface area (Å²) in [6, 6.07) is 11.2. The normalized spacial score (nSPS) is 16.2. The summed E-state index contributed by atoms with van der Waals surface area (Å²) < 4.78 is 11.4. The van der Waals surface area contributed by atoms with E-state index in [2.05, 4.69) is 10.6 Å². The number of furan rings is 1. The highest BCUT2D eigenvalue weighted by Crippen LogP contribution is 2.24. The van der Waals surface area contributed by atoms with E-state index < -0.39 is 0 Å².